The maximum atomic E-state index is 13.1. The molecule has 4 nitrogen and oxygen atoms in total. The zero-order valence-corrected chi connectivity index (χ0v) is 14.1. The molecule has 4 rings (SSSR count). The Morgan fingerprint density at radius 2 is 2.00 bits per heavy atom. The van der Waals surface area contributed by atoms with Gasteiger partial charge in [0, 0.05) is 51.0 Å². The van der Waals surface area contributed by atoms with Gasteiger partial charge in [-0.15, -0.1) is 0 Å². The van der Waals surface area contributed by atoms with Crippen molar-refractivity contribution in [3.8, 4) is 0 Å². The van der Waals surface area contributed by atoms with Gasteiger partial charge in [0.1, 0.15) is 5.82 Å². The molecule has 1 aliphatic heterocycles. The Morgan fingerprint density at radius 1 is 1.21 bits per heavy atom. The molecular weight excluding hydrogens is 305 g/mol. The Kier molecular flexibility index (Phi) is 4.37. The van der Waals surface area contributed by atoms with Crippen molar-refractivity contribution in [2.45, 2.75) is 31.8 Å². The molecule has 1 fully saturated rings. The van der Waals surface area contributed by atoms with Gasteiger partial charge in [0.05, 0.1) is 12.3 Å². The number of fused-ring (bicyclic) bond motifs is 1. The highest BCUT2D eigenvalue weighted by Gasteiger charge is 2.29. The molecule has 0 saturated heterocycles. The molecule has 1 aromatic carbocycles. The minimum absolute atomic E-state index is 0.182. The number of hydrogen-bond acceptors (Lipinski definition) is 3. The van der Waals surface area contributed by atoms with Crippen molar-refractivity contribution in [1.29, 1.82) is 0 Å². The molecule has 0 spiro atoms. The predicted octanol–water partition coefficient (Wildman–Crippen LogP) is 3.09. The summed E-state index contributed by atoms with van der Waals surface area (Å²) in [6.07, 6.45) is 4.74. The summed E-state index contributed by atoms with van der Waals surface area (Å²) >= 11 is 0. The SMILES string of the molecule is Cn1cc2c(n1)C(COCC1CC1)CN(Cc1ccc(F)cc1)C2. The van der Waals surface area contributed by atoms with Crippen LogP contribution < -0.4 is 0 Å². The van der Waals surface area contributed by atoms with Crippen molar-refractivity contribution in [3.63, 3.8) is 0 Å². The van der Waals surface area contributed by atoms with Crippen molar-refractivity contribution in [3.05, 3.63) is 53.1 Å². The number of aryl methyl sites for hydroxylation is 1. The lowest BCUT2D eigenvalue weighted by Gasteiger charge is -2.32. The van der Waals surface area contributed by atoms with Gasteiger partial charge in [-0.3, -0.25) is 9.58 Å². The number of aromatic nitrogens is 2. The first kappa shape index (κ1) is 15.8. The molecule has 2 aromatic rings. The fourth-order valence-electron chi connectivity index (χ4n) is 3.49. The first-order chi connectivity index (χ1) is 11.7. The lowest BCUT2D eigenvalue weighted by molar-refractivity contribution is 0.0881. The summed E-state index contributed by atoms with van der Waals surface area (Å²) in [4.78, 5) is 2.41. The molecule has 1 aromatic heterocycles. The van der Waals surface area contributed by atoms with Crippen LogP contribution in [0.4, 0.5) is 4.39 Å². The van der Waals surface area contributed by atoms with Crippen LogP contribution >= 0.6 is 0 Å². The monoisotopic (exact) mass is 329 g/mol. The van der Waals surface area contributed by atoms with Gasteiger partial charge in [0.25, 0.3) is 0 Å². The molecule has 0 amide bonds. The molecule has 2 heterocycles. The van der Waals surface area contributed by atoms with E-state index in [4.69, 9.17) is 4.74 Å². The van der Waals surface area contributed by atoms with Crippen LogP contribution in [0.25, 0.3) is 0 Å². The summed E-state index contributed by atoms with van der Waals surface area (Å²) in [6, 6.07) is 6.80. The lowest BCUT2D eigenvalue weighted by atomic mass is 9.97. The van der Waals surface area contributed by atoms with E-state index in [1.54, 1.807) is 0 Å². The summed E-state index contributed by atoms with van der Waals surface area (Å²) in [6.45, 7) is 4.27. The summed E-state index contributed by atoms with van der Waals surface area (Å²) in [5.74, 6) is 0.916. The molecule has 1 aliphatic carbocycles. The van der Waals surface area contributed by atoms with E-state index in [0.717, 1.165) is 44.3 Å². The molecule has 1 saturated carbocycles. The number of halogens is 1. The largest absolute Gasteiger partial charge is 0.380 e. The van der Waals surface area contributed by atoms with Crippen LogP contribution in [0.3, 0.4) is 0 Å². The standard InChI is InChI=1S/C19H24FN3O/c1-22-9-16-10-23(8-14-4-6-18(20)7-5-14)11-17(19(16)21-22)13-24-12-15-2-3-15/h4-7,9,15,17H,2-3,8,10-13H2,1H3. The molecule has 2 aliphatic rings. The van der Waals surface area contributed by atoms with Gasteiger partial charge in [0.2, 0.25) is 0 Å². The highest BCUT2D eigenvalue weighted by atomic mass is 19.1. The fraction of sp³-hybridized carbons (Fsp3) is 0.526. The van der Waals surface area contributed by atoms with Gasteiger partial charge < -0.3 is 4.74 Å². The average molecular weight is 329 g/mol. The molecule has 0 radical (unpaired) electrons. The fourth-order valence-corrected chi connectivity index (χ4v) is 3.49. The van der Waals surface area contributed by atoms with Gasteiger partial charge >= 0.3 is 0 Å². The van der Waals surface area contributed by atoms with E-state index in [1.165, 1.54) is 36.2 Å². The normalized spacial score (nSPS) is 21.0. The third-order valence-corrected chi connectivity index (χ3v) is 4.89. The molecule has 24 heavy (non-hydrogen) atoms. The van der Waals surface area contributed by atoms with E-state index in [1.807, 2.05) is 23.9 Å². The Labute approximate surface area is 142 Å². The van der Waals surface area contributed by atoms with Gasteiger partial charge in [-0.2, -0.15) is 5.10 Å². The maximum absolute atomic E-state index is 13.1. The minimum Gasteiger partial charge on any atom is -0.380 e. The second-order valence-corrected chi connectivity index (χ2v) is 7.19. The van der Waals surface area contributed by atoms with Gasteiger partial charge in [-0.25, -0.2) is 4.39 Å². The zero-order chi connectivity index (χ0) is 16.5. The van der Waals surface area contributed by atoms with Crippen LogP contribution in [0, 0.1) is 11.7 Å². The van der Waals surface area contributed by atoms with E-state index < -0.39 is 0 Å². The van der Waals surface area contributed by atoms with E-state index >= 15 is 0 Å². The number of nitrogens with zero attached hydrogens (tertiary/aromatic N) is 3. The van der Waals surface area contributed by atoms with Crippen LogP contribution in [0.15, 0.2) is 30.5 Å². The maximum Gasteiger partial charge on any atom is 0.123 e. The van der Waals surface area contributed by atoms with Crippen molar-refractivity contribution >= 4 is 0 Å². The Hall–Kier alpha value is -1.72. The van der Waals surface area contributed by atoms with Crippen molar-refractivity contribution < 1.29 is 9.13 Å². The zero-order valence-electron chi connectivity index (χ0n) is 14.1. The number of ether oxygens (including phenoxy) is 1. The summed E-state index contributed by atoms with van der Waals surface area (Å²) in [7, 11) is 1.98. The Balaban J connectivity index is 1.45. The van der Waals surface area contributed by atoms with Crippen LogP contribution in [-0.4, -0.2) is 34.4 Å². The molecular formula is C19H24FN3O. The highest BCUT2D eigenvalue weighted by Crippen LogP contribution is 2.31. The van der Waals surface area contributed by atoms with E-state index in [-0.39, 0.29) is 5.82 Å². The molecule has 1 unspecified atom stereocenters. The van der Waals surface area contributed by atoms with Crippen molar-refractivity contribution in [2.24, 2.45) is 13.0 Å². The smallest absolute Gasteiger partial charge is 0.123 e. The van der Waals surface area contributed by atoms with Crippen LogP contribution in [0.5, 0.6) is 0 Å². The molecule has 0 N–H and O–H groups in total. The van der Waals surface area contributed by atoms with E-state index in [0.29, 0.717) is 5.92 Å². The van der Waals surface area contributed by atoms with Crippen LogP contribution in [0.2, 0.25) is 0 Å². The molecule has 0 bridgehead atoms. The second-order valence-electron chi connectivity index (χ2n) is 7.19. The minimum atomic E-state index is -0.182. The van der Waals surface area contributed by atoms with Crippen molar-refractivity contribution in [2.75, 3.05) is 19.8 Å². The Bertz CT molecular complexity index is 693. The third kappa shape index (κ3) is 3.68. The Morgan fingerprint density at radius 3 is 2.75 bits per heavy atom. The van der Waals surface area contributed by atoms with E-state index in [9.17, 15) is 4.39 Å². The number of benzene rings is 1. The average Bonchev–Trinajstić information content (AvgIpc) is 3.29. The summed E-state index contributed by atoms with van der Waals surface area (Å²) < 4.78 is 21.0. The van der Waals surface area contributed by atoms with Gasteiger partial charge in [-0.1, -0.05) is 12.1 Å². The van der Waals surface area contributed by atoms with Crippen molar-refractivity contribution in [1.82, 2.24) is 14.7 Å². The van der Waals surface area contributed by atoms with Crippen LogP contribution in [-0.2, 0) is 24.9 Å². The quantitative estimate of drug-likeness (QED) is 0.816. The third-order valence-electron chi connectivity index (χ3n) is 4.89. The van der Waals surface area contributed by atoms with Gasteiger partial charge in [0.15, 0.2) is 0 Å². The highest BCUT2D eigenvalue weighted by molar-refractivity contribution is 5.25. The summed E-state index contributed by atoms with van der Waals surface area (Å²) in [5, 5.41) is 4.66. The lowest BCUT2D eigenvalue weighted by Crippen LogP contribution is -2.35. The summed E-state index contributed by atoms with van der Waals surface area (Å²) in [5.41, 5.74) is 3.61. The molecule has 128 valence electrons. The first-order valence-corrected chi connectivity index (χ1v) is 8.74. The first-order valence-electron chi connectivity index (χ1n) is 8.74. The molecule has 5 heteroatoms. The number of hydrogen-bond donors (Lipinski definition) is 0. The second kappa shape index (κ2) is 6.65. The predicted molar refractivity (Wildman–Crippen MR) is 90.0 cm³/mol. The topological polar surface area (TPSA) is 30.3 Å². The van der Waals surface area contributed by atoms with E-state index in [2.05, 4.69) is 16.2 Å². The number of rotatable bonds is 6. The van der Waals surface area contributed by atoms with Crippen LogP contribution in [0.1, 0.15) is 35.6 Å². The molecule has 1 atom stereocenters. The van der Waals surface area contributed by atoms with Gasteiger partial charge in [-0.05, 0) is 36.5 Å².